The lowest BCUT2D eigenvalue weighted by Crippen LogP contribution is -2.10. The van der Waals surface area contributed by atoms with Crippen LogP contribution in [0.5, 0.6) is 0 Å². The Morgan fingerprint density at radius 1 is 1.05 bits per heavy atom. The topological polar surface area (TPSA) is 100 Å². The first-order valence-electron chi connectivity index (χ1n) is 6.02. The molecule has 0 saturated carbocycles. The van der Waals surface area contributed by atoms with E-state index in [9.17, 15) is 13.2 Å². The fourth-order valence-corrected chi connectivity index (χ4v) is 2.52. The van der Waals surface area contributed by atoms with Crippen molar-refractivity contribution >= 4 is 21.0 Å². The molecule has 0 bridgehead atoms. The third-order valence-corrected chi connectivity index (χ3v) is 3.87. The maximum atomic E-state index is 12.1. The zero-order valence-corrected chi connectivity index (χ0v) is 11.5. The van der Waals surface area contributed by atoms with Crippen LogP contribution in [0.1, 0.15) is 0 Å². The summed E-state index contributed by atoms with van der Waals surface area (Å²) < 4.78 is 31.2. The Morgan fingerprint density at radius 2 is 1.76 bits per heavy atom. The lowest BCUT2D eigenvalue weighted by Gasteiger charge is -2.04. The molecule has 2 aromatic carbocycles. The van der Waals surface area contributed by atoms with E-state index >= 15 is 0 Å². The Morgan fingerprint density at radius 3 is 2.43 bits per heavy atom. The molecule has 6 nitrogen and oxygen atoms in total. The Kier molecular flexibility index (Phi) is 3.08. The SMILES string of the molecule is O=c1[nH]c(-c2ccccc2)nc2ccc(S(=O)(=O)O)cc12. The van der Waals surface area contributed by atoms with Gasteiger partial charge in [0, 0.05) is 5.56 Å². The molecule has 0 radical (unpaired) electrons. The predicted molar refractivity (Wildman–Crippen MR) is 77.6 cm³/mol. The van der Waals surface area contributed by atoms with E-state index in [0.29, 0.717) is 11.3 Å². The van der Waals surface area contributed by atoms with Gasteiger partial charge in [0.2, 0.25) is 0 Å². The first-order chi connectivity index (χ1) is 9.95. The number of aromatic amines is 1. The minimum Gasteiger partial charge on any atom is -0.306 e. The Bertz CT molecular complexity index is 979. The standard InChI is InChI=1S/C14H10N2O4S/c17-14-11-8-10(21(18,19)20)6-7-12(11)15-13(16-14)9-4-2-1-3-5-9/h1-8H,(H,15,16,17)(H,18,19,20). The highest BCUT2D eigenvalue weighted by atomic mass is 32.2. The zero-order valence-electron chi connectivity index (χ0n) is 10.6. The lowest BCUT2D eigenvalue weighted by molar-refractivity contribution is 0.483. The number of benzene rings is 2. The molecule has 0 unspecified atom stereocenters. The van der Waals surface area contributed by atoms with Crippen LogP contribution in [0.25, 0.3) is 22.3 Å². The van der Waals surface area contributed by atoms with Crippen LogP contribution in [0.2, 0.25) is 0 Å². The molecule has 21 heavy (non-hydrogen) atoms. The molecule has 2 N–H and O–H groups in total. The quantitative estimate of drug-likeness (QED) is 0.703. The molecule has 0 saturated heterocycles. The summed E-state index contributed by atoms with van der Waals surface area (Å²) in [4.78, 5) is 18.6. The van der Waals surface area contributed by atoms with E-state index in [-0.39, 0.29) is 10.3 Å². The molecular weight excluding hydrogens is 292 g/mol. The van der Waals surface area contributed by atoms with E-state index in [1.54, 1.807) is 12.1 Å². The fraction of sp³-hybridized carbons (Fsp3) is 0. The molecule has 7 heteroatoms. The van der Waals surface area contributed by atoms with Crippen molar-refractivity contribution in [3.8, 4) is 11.4 Å². The van der Waals surface area contributed by atoms with Crippen LogP contribution in [0, 0.1) is 0 Å². The van der Waals surface area contributed by atoms with E-state index in [1.165, 1.54) is 12.1 Å². The highest BCUT2D eigenvalue weighted by Crippen LogP contribution is 2.18. The monoisotopic (exact) mass is 302 g/mol. The van der Waals surface area contributed by atoms with E-state index in [1.807, 2.05) is 18.2 Å². The summed E-state index contributed by atoms with van der Waals surface area (Å²) in [6, 6.07) is 12.8. The Balaban J connectivity index is 2.26. The fourth-order valence-electron chi connectivity index (χ4n) is 2.01. The van der Waals surface area contributed by atoms with Crippen LogP contribution in [-0.2, 0) is 10.1 Å². The number of nitrogens with one attached hydrogen (secondary N) is 1. The summed E-state index contributed by atoms with van der Waals surface area (Å²) in [6.45, 7) is 0. The van der Waals surface area contributed by atoms with Gasteiger partial charge in [-0.25, -0.2) is 4.98 Å². The van der Waals surface area contributed by atoms with Gasteiger partial charge in [-0.2, -0.15) is 8.42 Å². The molecule has 106 valence electrons. The summed E-state index contributed by atoms with van der Waals surface area (Å²) in [5.74, 6) is 0.396. The molecule has 1 heterocycles. The number of hydrogen-bond donors (Lipinski definition) is 2. The van der Waals surface area contributed by atoms with Gasteiger partial charge in [-0.15, -0.1) is 0 Å². The first kappa shape index (κ1) is 13.5. The molecule has 0 fully saturated rings. The second-order valence-corrected chi connectivity index (χ2v) is 5.86. The molecule has 0 amide bonds. The second-order valence-electron chi connectivity index (χ2n) is 4.43. The summed E-state index contributed by atoms with van der Waals surface area (Å²) >= 11 is 0. The lowest BCUT2D eigenvalue weighted by atomic mass is 10.2. The number of fused-ring (bicyclic) bond motifs is 1. The van der Waals surface area contributed by atoms with Crippen LogP contribution >= 0.6 is 0 Å². The second kappa shape index (κ2) is 4.80. The maximum absolute atomic E-state index is 12.1. The molecule has 3 aromatic rings. The molecule has 0 aliphatic heterocycles. The highest BCUT2D eigenvalue weighted by Gasteiger charge is 2.13. The number of hydrogen-bond acceptors (Lipinski definition) is 4. The van der Waals surface area contributed by atoms with Gasteiger partial charge in [-0.05, 0) is 18.2 Å². The minimum absolute atomic E-state index is 0.102. The molecule has 0 aliphatic carbocycles. The number of aromatic nitrogens is 2. The van der Waals surface area contributed by atoms with Gasteiger partial charge < -0.3 is 4.98 Å². The van der Waals surface area contributed by atoms with E-state index in [0.717, 1.165) is 11.6 Å². The van der Waals surface area contributed by atoms with Gasteiger partial charge in [0.05, 0.1) is 15.8 Å². The van der Waals surface area contributed by atoms with Gasteiger partial charge in [-0.1, -0.05) is 30.3 Å². The van der Waals surface area contributed by atoms with Crippen LogP contribution in [-0.4, -0.2) is 22.9 Å². The molecule has 3 rings (SSSR count). The van der Waals surface area contributed by atoms with Gasteiger partial charge in [0.15, 0.2) is 0 Å². The number of rotatable bonds is 2. The third-order valence-electron chi connectivity index (χ3n) is 3.02. The summed E-state index contributed by atoms with van der Waals surface area (Å²) in [7, 11) is -4.35. The van der Waals surface area contributed by atoms with E-state index in [4.69, 9.17) is 4.55 Å². The van der Waals surface area contributed by atoms with Crippen molar-refractivity contribution in [3.63, 3.8) is 0 Å². The molecule has 0 aliphatic rings. The van der Waals surface area contributed by atoms with Crippen molar-refractivity contribution < 1.29 is 13.0 Å². The average Bonchev–Trinajstić information content (AvgIpc) is 2.47. The predicted octanol–water partition coefficient (Wildman–Crippen LogP) is 1.84. The van der Waals surface area contributed by atoms with Crippen LogP contribution < -0.4 is 5.56 Å². The van der Waals surface area contributed by atoms with Crippen LogP contribution in [0.15, 0.2) is 58.2 Å². The van der Waals surface area contributed by atoms with Crippen molar-refractivity contribution in [2.75, 3.05) is 0 Å². The zero-order chi connectivity index (χ0) is 15.0. The summed E-state index contributed by atoms with van der Waals surface area (Å²) in [6.07, 6.45) is 0. The summed E-state index contributed by atoms with van der Waals surface area (Å²) in [5, 5.41) is 0.102. The third kappa shape index (κ3) is 2.56. The van der Waals surface area contributed by atoms with Gasteiger partial charge >= 0.3 is 0 Å². The number of H-pyrrole nitrogens is 1. The van der Waals surface area contributed by atoms with E-state index < -0.39 is 15.7 Å². The molecular formula is C14H10N2O4S. The Hall–Kier alpha value is -2.51. The molecule has 0 atom stereocenters. The van der Waals surface area contributed by atoms with Crippen molar-refractivity contribution in [1.82, 2.24) is 9.97 Å². The van der Waals surface area contributed by atoms with Crippen LogP contribution in [0.3, 0.4) is 0 Å². The molecule has 0 spiro atoms. The van der Waals surface area contributed by atoms with Crippen LogP contribution in [0.4, 0.5) is 0 Å². The summed E-state index contributed by atoms with van der Waals surface area (Å²) in [5.41, 5.74) is 0.629. The van der Waals surface area contributed by atoms with Crippen molar-refractivity contribution in [2.24, 2.45) is 0 Å². The normalized spacial score (nSPS) is 11.7. The highest BCUT2D eigenvalue weighted by molar-refractivity contribution is 7.85. The Labute approximate surface area is 119 Å². The minimum atomic E-state index is -4.35. The average molecular weight is 302 g/mol. The van der Waals surface area contributed by atoms with E-state index in [2.05, 4.69) is 9.97 Å². The first-order valence-corrected chi connectivity index (χ1v) is 7.46. The largest absolute Gasteiger partial charge is 0.306 e. The van der Waals surface area contributed by atoms with Gasteiger partial charge in [0.25, 0.3) is 15.7 Å². The molecule has 1 aromatic heterocycles. The van der Waals surface area contributed by atoms with Gasteiger partial charge in [-0.3, -0.25) is 9.35 Å². The number of nitrogens with zero attached hydrogens (tertiary/aromatic N) is 1. The smallest absolute Gasteiger partial charge is 0.294 e. The van der Waals surface area contributed by atoms with Gasteiger partial charge in [0.1, 0.15) is 5.82 Å². The van der Waals surface area contributed by atoms with Crippen molar-refractivity contribution in [1.29, 1.82) is 0 Å². The maximum Gasteiger partial charge on any atom is 0.294 e. The van der Waals surface area contributed by atoms with Crippen molar-refractivity contribution in [2.45, 2.75) is 4.90 Å². The van der Waals surface area contributed by atoms with Crippen molar-refractivity contribution in [3.05, 3.63) is 58.9 Å².